The van der Waals surface area contributed by atoms with Gasteiger partial charge in [-0.25, -0.2) is 9.78 Å². The summed E-state index contributed by atoms with van der Waals surface area (Å²) in [5.41, 5.74) is 0.943. The number of nitrogens with zero attached hydrogens (tertiary/aromatic N) is 2. The van der Waals surface area contributed by atoms with Crippen LogP contribution in [0.15, 0.2) is 6.20 Å². The number of rotatable bonds is 1. The second-order valence-electron chi connectivity index (χ2n) is 2.71. The van der Waals surface area contributed by atoms with Gasteiger partial charge in [0.15, 0.2) is 0 Å². The summed E-state index contributed by atoms with van der Waals surface area (Å²) in [6, 6.07) is 0. The first kappa shape index (κ1) is 10.0. The first-order valence-corrected chi connectivity index (χ1v) is 3.77. The first-order chi connectivity index (χ1) is 5.79. The number of hydrogen-bond donors (Lipinski definition) is 2. The van der Waals surface area contributed by atoms with Gasteiger partial charge in [0.2, 0.25) is 5.82 Å². The summed E-state index contributed by atoms with van der Waals surface area (Å²) in [5, 5.41) is 11.9. The molecule has 6 heteroatoms. The van der Waals surface area contributed by atoms with Crippen molar-refractivity contribution in [2.45, 2.75) is 13.1 Å². The number of nitrogens with one attached hydrogen (secondary N) is 1. The molecule has 72 valence electrons. The lowest BCUT2D eigenvalue weighted by molar-refractivity contribution is 0.0677. The molecule has 1 aromatic heterocycles. The van der Waals surface area contributed by atoms with E-state index in [4.69, 9.17) is 5.11 Å². The standard InChI is InChI=1S/C7H9N3O2.ClH/c11-7(12)6-9-4-5-3-8-1-2-10(5)6;/h4,8H,1-3H2,(H,11,12);1H. The van der Waals surface area contributed by atoms with E-state index in [9.17, 15) is 4.79 Å². The molecule has 13 heavy (non-hydrogen) atoms. The Morgan fingerprint density at radius 3 is 3.15 bits per heavy atom. The number of aromatic carboxylic acids is 1. The zero-order chi connectivity index (χ0) is 8.55. The van der Waals surface area contributed by atoms with Gasteiger partial charge in [0.1, 0.15) is 0 Å². The van der Waals surface area contributed by atoms with Gasteiger partial charge in [-0.3, -0.25) is 0 Å². The number of carboxylic acids is 1. The number of fused-ring (bicyclic) bond motifs is 1. The Morgan fingerprint density at radius 1 is 1.69 bits per heavy atom. The average molecular weight is 204 g/mol. The van der Waals surface area contributed by atoms with Crippen LogP contribution < -0.4 is 5.32 Å². The molecule has 2 N–H and O–H groups in total. The lowest BCUT2D eigenvalue weighted by Crippen LogP contribution is -2.29. The fourth-order valence-electron chi connectivity index (χ4n) is 1.38. The Kier molecular flexibility index (Phi) is 2.90. The molecule has 2 rings (SSSR count). The molecule has 0 fully saturated rings. The number of imidazole rings is 1. The van der Waals surface area contributed by atoms with E-state index < -0.39 is 5.97 Å². The van der Waals surface area contributed by atoms with Gasteiger partial charge in [-0.1, -0.05) is 0 Å². The zero-order valence-electron chi connectivity index (χ0n) is 6.86. The third-order valence-corrected chi connectivity index (χ3v) is 1.95. The Bertz CT molecular complexity index is 324. The molecule has 5 nitrogen and oxygen atoms in total. The highest BCUT2D eigenvalue weighted by atomic mass is 35.5. The fraction of sp³-hybridized carbons (Fsp3) is 0.429. The van der Waals surface area contributed by atoms with Crippen LogP contribution in [0.3, 0.4) is 0 Å². The van der Waals surface area contributed by atoms with Gasteiger partial charge in [-0.2, -0.15) is 0 Å². The van der Waals surface area contributed by atoms with Crippen molar-refractivity contribution in [2.24, 2.45) is 0 Å². The van der Waals surface area contributed by atoms with Crippen LogP contribution in [-0.4, -0.2) is 27.2 Å². The summed E-state index contributed by atoms with van der Waals surface area (Å²) in [7, 11) is 0. The second kappa shape index (κ2) is 3.76. The maximum Gasteiger partial charge on any atom is 0.372 e. The molecule has 1 aromatic rings. The molecule has 0 aliphatic carbocycles. The molecular weight excluding hydrogens is 194 g/mol. The average Bonchev–Trinajstić information content (AvgIpc) is 2.47. The molecule has 0 unspecified atom stereocenters. The van der Waals surface area contributed by atoms with Crippen molar-refractivity contribution in [3.05, 3.63) is 17.7 Å². The first-order valence-electron chi connectivity index (χ1n) is 3.77. The van der Waals surface area contributed by atoms with Gasteiger partial charge in [0, 0.05) is 19.6 Å². The third-order valence-electron chi connectivity index (χ3n) is 1.95. The van der Waals surface area contributed by atoms with Crippen molar-refractivity contribution in [3.8, 4) is 0 Å². The molecular formula is C7H10ClN3O2. The van der Waals surface area contributed by atoms with Gasteiger partial charge in [0.05, 0.1) is 11.9 Å². The minimum Gasteiger partial charge on any atom is -0.475 e. The minimum atomic E-state index is -0.955. The summed E-state index contributed by atoms with van der Waals surface area (Å²) in [6.45, 7) is 2.21. The lowest BCUT2D eigenvalue weighted by Gasteiger charge is -2.16. The molecule has 0 saturated carbocycles. The fourth-order valence-corrected chi connectivity index (χ4v) is 1.38. The topological polar surface area (TPSA) is 67.1 Å². The molecule has 0 amide bonds. The van der Waals surface area contributed by atoms with Crippen molar-refractivity contribution in [1.29, 1.82) is 0 Å². The van der Waals surface area contributed by atoms with E-state index in [1.165, 1.54) is 0 Å². The predicted molar refractivity (Wildman–Crippen MR) is 48.1 cm³/mol. The van der Waals surface area contributed by atoms with E-state index in [0.717, 1.165) is 12.2 Å². The smallest absolute Gasteiger partial charge is 0.372 e. The minimum absolute atomic E-state index is 0. The summed E-state index contributed by atoms with van der Waals surface area (Å²) < 4.78 is 1.73. The van der Waals surface area contributed by atoms with Crippen LogP contribution in [0, 0.1) is 0 Å². The highest BCUT2D eigenvalue weighted by molar-refractivity contribution is 5.85. The van der Waals surface area contributed by atoms with Crippen molar-refractivity contribution >= 4 is 18.4 Å². The number of halogens is 1. The highest BCUT2D eigenvalue weighted by Gasteiger charge is 2.17. The molecule has 0 spiro atoms. The van der Waals surface area contributed by atoms with Crippen molar-refractivity contribution in [3.63, 3.8) is 0 Å². The molecule has 1 aliphatic rings. The van der Waals surface area contributed by atoms with E-state index in [0.29, 0.717) is 13.1 Å². The summed E-state index contributed by atoms with van der Waals surface area (Å²) in [5.74, 6) is -0.811. The summed E-state index contributed by atoms with van der Waals surface area (Å²) in [6.07, 6.45) is 1.61. The monoisotopic (exact) mass is 203 g/mol. The summed E-state index contributed by atoms with van der Waals surface area (Å²) >= 11 is 0. The second-order valence-corrected chi connectivity index (χ2v) is 2.71. The molecule has 0 saturated heterocycles. The van der Waals surface area contributed by atoms with Crippen LogP contribution in [0.25, 0.3) is 0 Å². The van der Waals surface area contributed by atoms with Crippen LogP contribution in [0.4, 0.5) is 0 Å². The Hall–Kier alpha value is -1.07. The van der Waals surface area contributed by atoms with Crippen molar-refractivity contribution in [1.82, 2.24) is 14.9 Å². The SMILES string of the molecule is Cl.O=C(O)c1ncc2n1CCNC2. The molecule has 0 bridgehead atoms. The normalized spacial score (nSPS) is 14.5. The molecule has 1 aliphatic heterocycles. The van der Waals surface area contributed by atoms with Gasteiger partial charge in [-0.15, -0.1) is 12.4 Å². The molecule has 0 aromatic carbocycles. The van der Waals surface area contributed by atoms with Crippen LogP contribution in [-0.2, 0) is 13.1 Å². The maximum absolute atomic E-state index is 10.6. The Morgan fingerprint density at radius 2 is 2.46 bits per heavy atom. The van der Waals surface area contributed by atoms with E-state index >= 15 is 0 Å². The van der Waals surface area contributed by atoms with Crippen molar-refractivity contribution in [2.75, 3.05) is 6.54 Å². The van der Waals surface area contributed by atoms with Crippen molar-refractivity contribution < 1.29 is 9.90 Å². The van der Waals surface area contributed by atoms with Gasteiger partial charge >= 0.3 is 5.97 Å². The molecule has 0 radical (unpaired) electrons. The number of carbonyl (C=O) groups is 1. The van der Waals surface area contributed by atoms with Crippen LogP contribution >= 0.6 is 12.4 Å². The quantitative estimate of drug-likeness (QED) is 0.680. The third kappa shape index (κ3) is 1.66. The largest absolute Gasteiger partial charge is 0.475 e. The van der Waals surface area contributed by atoms with Gasteiger partial charge in [0.25, 0.3) is 0 Å². The number of hydrogen-bond acceptors (Lipinski definition) is 3. The summed E-state index contributed by atoms with van der Waals surface area (Å²) in [4.78, 5) is 14.5. The Balaban J connectivity index is 0.000000845. The Labute approximate surface area is 81.2 Å². The predicted octanol–water partition coefficient (Wildman–Crippen LogP) is 0.106. The zero-order valence-corrected chi connectivity index (χ0v) is 7.67. The van der Waals surface area contributed by atoms with E-state index in [1.807, 2.05) is 0 Å². The maximum atomic E-state index is 10.6. The molecule has 2 heterocycles. The van der Waals surface area contributed by atoms with Gasteiger partial charge < -0.3 is 15.0 Å². The lowest BCUT2D eigenvalue weighted by atomic mass is 10.3. The van der Waals surface area contributed by atoms with Crippen LogP contribution in [0.1, 0.15) is 16.3 Å². The molecule has 0 atom stereocenters. The van der Waals surface area contributed by atoms with E-state index in [2.05, 4.69) is 10.3 Å². The number of carboxylic acid groups (broad SMARTS) is 1. The van der Waals surface area contributed by atoms with Crippen LogP contribution in [0.2, 0.25) is 0 Å². The number of aromatic nitrogens is 2. The van der Waals surface area contributed by atoms with Crippen LogP contribution in [0.5, 0.6) is 0 Å². The van der Waals surface area contributed by atoms with E-state index in [1.54, 1.807) is 10.8 Å². The van der Waals surface area contributed by atoms with E-state index in [-0.39, 0.29) is 18.2 Å². The van der Waals surface area contributed by atoms with Gasteiger partial charge in [-0.05, 0) is 0 Å². The highest BCUT2D eigenvalue weighted by Crippen LogP contribution is 2.08.